The monoisotopic (exact) mass is 517 g/mol. The van der Waals surface area contributed by atoms with E-state index in [-0.39, 0.29) is 0 Å². The fraction of sp³-hybridized carbons (Fsp3) is 0.483. The van der Waals surface area contributed by atoms with Gasteiger partial charge in [0.1, 0.15) is 5.82 Å². The molecule has 202 valence electrons. The van der Waals surface area contributed by atoms with Crippen molar-refractivity contribution in [3.05, 3.63) is 53.2 Å². The first-order valence-corrected chi connectivity index (χ1v) is 13.7. The molecule has 1 atom stereocenters. The van der Waals surface area contributed by atoms with Crippen LogP contribution in [0.5, 0.6) is 0 Å². The quantitative estimate of drug-likeness (QED) is 0.422. The van der Waals surface area contributed by atoms with Crippen molar-refractivity contribution in [2.24, 2.45) is 0 Å². The summed E-state index contributed by atoms with van der Waals surface area (Å²) in [6.45, 7) is 14.1. The smallest absolute Gasteiger partial charge is 0.230 e. The van der Waals surface area contributed by atoms with Gasteiger partial charge in [0, 0.05) is 44.4 Å². The molecule has 4 heterocycles. The summed E-state index contributed by atoms with van der Waals surface area (Å²) in [5.41, 5.74) is 5.48. The average molecular weight is 518 g/mol. The zero-order chi connectivity index (χ0) is 26.3. The number of rotatable bonds is 9. The maximum Gasteiger partial charge on any atom is 0.230 e. The van der Waals surface area contributed by atoms with Crippen molar-refractivity contribution in [2.75, 3.05) is 69.4 Å². The number of anilines is 3. The van der Waals surface area contributed by atoms with E-state index in [1.54, 1.807) is 0 Å². The van der Waals surface area contributed by atoms with E-state index < -0.39 is 0 Å². The fourth-order valence-corrected chi connectivity index (χ4v) is 4.99. The van der Waals surface area contributed by atoms with Crippen LogP contribution in [-0.2, 0) is 9.47 Å². The Morgan fingerprint density at radius 2 is 1.76 bits per heavy atom. The highest BCUT2D eigenvalue weighted by atomic mass is 16.5. The van der Waals surface area contributed by atoms with Gasteiger partial charge >= 0.3 is 0 Å². The summed E-state index contributed by atoms with van der Waals surface area (Å²) in [5, 5.41) is 11.0. The minimum absolute atomic E-state index is 0.319. The Morgan fingerprint density at radius 1 is 1.05 bits per heavy atom. The molecule has 0 spiro atoms. The van der Waals surface area contributed by atoms with E-state index in [9.17, 15) is 0 Å². The van der Waals surface area contributed by atoms with Gasteiger partial charge in [-0.1, -0.05) is 49.8 Å². The van der Waals surface area contributed by atoms with Crippen LogP contribution >= 0.6 is 0 Å². The lowest BCUT2D eigenvalue weighted by Crippen LogP contribution is -2.38. The molecular formula is C29H39N7O2. The number of ether oxygens (including phenoxy) is 2. The number of hydrogen-bond acceptors (Lipinski definition) is 8. The lowest BCUT2D eigenvalue weighted by Gasteiger charge is -2.31. The van der Waals surface area contributed by atoms with Gasteiger partial charge in [-0.2, -0.15) is 10.1 Å². The molecule has 9 nitrogen and oxygen atoms in total. The number of aromatic amines is 1. The minimum atomic E-state index is 0.319. The molecule has 2 saturated heterocycles. The van der Waals surface area contributed by atoms with Gasteiger partial charge in [0.15, 0.2) is 5.82 Å². The lowest BCUT2D eigenvalue weighted by atomic mass is 9.95. The fourth-order valence-electron chi connectivity index (χ4n) is 4.99. The summed E-state index contributed by atoms with van der Waals surface area (Å²) in [4.78, 5) is 14.9. The van der Waals surface area contributed by atoms with Crippen LogP contribution in [0.1, 0.15) is 44.4 Å². The van der Waals surface area contributed by atoms with E-state index in [2.05, 4.69) is 64.3 Å². The molecule has 1 unspecified atom stereocenters. The van der Waals surface area contributed by atoms with Gasteiger partial charge in [0.2, 0.25) is 5.95 Å². The molecular weight excluding hydrogens is 478 g/mol. The van der Waals surface area contributed by atoms with Gasteiger partial charge in [-0.3, -0.25) is 10.00 Å². The van der Waals surface area contributed by atoms with Gasteiger partial charge in [0.05, 0.1) is 37.8 Å². The third kappa shape index (κ3) is 6.40. The van der Waals surface area contributed by atoms with Gasteiger partial charge in [0.25, 0.3) is 0 Å². The van der Waals surface area contributed by atoms with E-state index in [1.807, 2.05) is 24.3 Å². The van der Waals surface area contributed by atoms with E-state index in [0.29, 0.717) is 30.9 Å². The Kier molecular flexibility index (Phi) is 8.68. The molecule has 0 bridgehead atoms. The molecule has 2 aromatic heterocycles. The van der Waals surface area contributed by atoms with Crippen LogP contribution in [0.2, 0.25) is 0 Å². The predicted molar refractivity (Wildman–Crippen MR) is 152 cm³/mol. The Balaban J connectivity index is 1.50. The average Bonchev–Trinajstić information content (AvgIpc) is 3.42. The predicted octanol–water partition coefficient (Wildman–Crippen LogP) is 4.70. The molecule has 9 heteroatoms. The summed E-state index contributed by atoms with van der Waals surface area (Å²) in [6, 6.07) is 12.2. The number of nitrogens with one attached hydrogen (secondary N) is 2. The molecule has 3 aromatic rings. The molecule has 0 amide bonds. The second-order valence-corrected chi connectivity index (χ2v) is 10.1. The second-order valence-electron chi connectivity index (χ2n) is 10.1. The van der Waals surface area contributed by atoms with Crippen LogP contribution in [-0.4, -0.2) is 84.2 Å². The highest BCUT2D eigenvalue weighted by molar-refractivity contribution is 5.68. The molecule has 2 N–H and O–H groups in total. The van der Waals surface area contributed by atoms with Crippen LogP contribution in [0.3, 0.4) is 0 Å². The van der Waals surface area contributed by atoms with Crippen LogP contribution in [0.15, 0.2) is 42.0 Å². The first kappa shape index (κ1) is 26.3. The summed E-state index contributed by atoms with van der Waals surface area (Å²) >= 11 is 0. The molecule has 0 aliphatic carbocycles. The number of hydrogen-bond donors (Lipinski definition) is 2. The highest BCUT2D eigenvalue weighted by Gasteiger charge is 2.24. The molecule has 0 radical (unpaired) electrons. The Morgan fingerprint density at radius 3 is 2.47 bits per heavy atom. The molecule has 2 aliphatic rings. The van der Waals surface area contributed by atoms with Crippen molar-refractivity contribution in [1.29, 1.82) is 0 Å². The topological polar surface area (TPSA) is 91.4 Å². The summed E-state index contributed by atoms with van der Waals surface area (Å²) in [6.07, 6.45) is 3.25. The largest absolute Gasteiger partial charge is 0.379 e. The van der Waals surface area contributed by atoms with Crippen molar-refractivity contribution in [1.82, 2.24) is 25.1 Å². The number of morpholine rings is 2. The summed E-state index contributed by atoms with van der Waals surface area (Å²) < 4.78 is 11.2. The second kappa shape index (κ2) is 12.5. The van der Waals surface area contributed by atoms with Crippen LogP contribution in [0, 0.1) is 0 Å². The van der Waals surface area contributed by atoms with Crippen LogP contribution in [0.4, 0.5) is 17.6 Å². The molecule has 2 fully saturated rings. The van der Waals surface area contributed by atoms with Gasteiger partial charge < -0.3 is 19.7 Å². The van der Waals surface area contributed by atoms with Crippen LogP contribution in [0.25, 0.3) is 17.3 Å². The molecule has 1 aromatic carbocycles. The SMILES string of the molecule is CCC(C)c1c(/C=C(\C)CN2CCOCC2)nc(Nc2cc(-c3ccccc3)[nH]n2)nc1N1CCOCC1. The van der Waals surface area contributed by atoms with Gasteiger partial charge in [-0.15, -0.1) is 0 Å². The lowest BCUT2D eigenvalue weighted by molar-refractivity contribution is 0.0424. The minimum Gasteiger partial charge on any atom is -0.379 e. The normalized spacial score (nSPS) is 18.0. The van der Waals surface area contributed by atoms with E-state index >= 15 is 0 Å². The first-order valence-electron chi connectivity index (χ1n) is 13.7. The maximum absolute atomic E-state index is 5.66. The van der Waals surface area contributed by atoms with Crippen molar-refractivity contribution in [3.63, 3.8) is 0 Å². The van der Waals surface area contributed by atoms with Gasteiger partial charge in [-0.05, 0) is 30.9 Å². The first-order chi connectivity index (χ1) is 18.6. The molecule has 38 heavy (non-hydrogen) atoms. The van der Waals surface area contributed by atoms with Crippen LogP contribution < -0.4 is 10.2 Å². The number of aromatic nitrogens is 4. The Labute approximate surface area is 225 Å². The molecule has 0 saturated carbocycles. The third-order valence-electron chi connectivity index (χ3n) is 7.23. The molecule has 5 rings (SSSR count). The highest BCUT2D eigenvalue weighted by Crippen LogP contribution is 2.34. The molecule has 2 aliphatic heterocycles. The van der Waals surface area contributed by atoms with Crippen molar-refractivity contribution >= 4 is 23.7 Å². The number of benzene rings is 1. The standard InChI is InChI=1S/C29H39N7O2/c1-4-22(3)27-25(18-21(2)20-35-10-14-37-15-11-35)30-29(32-28(27)36-12-16-38-17-13-36)31-26-19-24(33-34-26)23-8-6-5-7-9-23/h5-9,18-19,22H,4,10-17,20H2,1-3H3,(H2,30,31,32,33,34)/b21-18+. The number of nitrogens with zero attached hydrogens (tertiary/aromatic N) is 5. The van der Waals surface area contributed by atoms with Crippen molar-refractivity contribution < 1.29 is 9.47 Å². The van der Waals surface area contributed by atoms with Crippen molar-refractivity contribution in [2.45, 2.75) is 33.1 Å². The van der Waals surface area contributed by atoms with E-state index in [0.717, 1.165) is 75.1 Å². The zero-order valence-electron chi connectivity index (χ0n) is 22.7. The summed E-state index contributed by atoms with van der Waals surface area (Å²) in [5.74, 6) is 2.55. The Bertz CT molecular complexity index is 1210. The summed E-state index contributed by atoms with van der Waals surface area (Å²) in [7, 11) is 0. The van der Waals surface area contributed by atoms with Crippen molar-refractivity contribution in [3.8, 4) is 11.3 Å². The van der Waals surface area contributed by atoms with Gasteiger partial charge in [-0.25, -0.2) is 4.98 Å². The zero-order valence-corrected chi connectivity index (χ0v) is 22.7. The van der Waals surface area contributed by atoms with E-state index in [4.69, 9.17) is 19.4 Å². The maximum atomic E-state index is 5.66. The third-order valence-corrected chi connectivity index (χ3v) is 7.23. The number of H-pyrrole nitrogens is 1. The van der Waals surface area contributed by atoms with E-state index in [1.165, 1.54) is 11.1 Å². The Hall–Kier alpha value is -3.27.